The lowest BCUT2D eigenvalue weighted by atomic mass is 10.1. The van der Waals surface area contributed by atoms with Crippen molar-refractivity contribution < 1.29 is 18.3 Å². The van der Waals surface area contributed by atoms with Crippen molar-refractivity contribution in [1.29, 1.82) is 0 Å². The van der Waals surface area contributed by atoms with Gasteiger partial charge in [0.05, 0.1) is 12.2 Å². The number of hydrogen-bond donors (Lipinski definition) is 1. The van der Waals surface area contributed by atoms with Gasteiger partial charge in [0.15, 0.2) is 11.6 Å². The van der Waals surface area contributed by atoms with Gasteiger partial charge in [-0.1, -0.05) is 6.07 Å². The lowest BCUT2D eigenvalue weighted by Crippen LogP contribution is -2.30. The molecule has 0 bridgehead atoms. The van der Waals surface area contributed by atoms with E-state index in [0.29, 0.717) is 19.8 Å². The average Bonchev–Trinajstić information content (AvgIpc) is 2.82. The number of nitrogens with one attached hydrogen (secondary N) is 1. The van der Waals surface area contributed by atoms with Crippen LogP contribution in [0.2, 0.25) is 0 Å². The van der Waals surface area contributed by atoms with Crippen LogP contribution >= 0.6 is 0 Å². The second-order valence-corrected chi connectivity index (χ2v) is 4.04. The topological polar surface area (TPSA) is 38.3 Å². The molecule has 1 amide bonds. The van der Waals surface area contributed by atoms with Crippen LogP contribution in [0.5, 0.6) is 0 Å². The van der Waals surface area contributed by atoms with Gasteiger partial charge in [-0.3, -0.25) is 4.79 Å². The van der Waals surface area contributed by atoms with Gasteiger partial charge in [-0.05, 0) is 18.6 Å². The fourth-order valence-corrected chi connectivity index (χ4v) is 1.76. The van der Waals surface area contributed by atoms with Crippen molar-refractivity contribution in [3.63, 3.8) is 0 Å². The van der Waals surface area contributed by atoms with Gasteiger partial charge in [-0.15, -0.1) is 0 Å². The maximum Gasteiger partial charge on any atom is 0.254 e. The van der Waals surface area contributed by atoms with Gasteiger partial charge in [0.25, 0.3) is 5.91 Å². The van der Waals surface area contributed by atoms with Crippen molar-refractivity contribution in [2.24, 2.45) is 5.92 Å². The number of hydrogen-bond acceptors (Lipinski definition) is 2. The fourth-order valence-electron chi connectivity index (χ4n) is 1.76. The quantitative estimate of drug-likeness (QED) is 0.875. The third kappa shape index (κ3) is 2.79. The molecule has 3 nitrogen and oxygen atoms in total. The van der Waals surface area contributed by atoms with Crippen molar-refractivity contribution in [1.82, 2.24) is 5.32 Å². The van der Waals surface area contributed by atoms with E-state index in [1.807, 2.05) is 0 Å². The van der Waals surface area contributed by atoms with Gasteiger partial charge < -0.3 is 10.1 Å². The summed E-state index contributed by atoms with van der Waals surface area (Å²) < 4.78 is 31.4. The minimum atomic E-state index is -1.10. The molecule has 1 aromatic rings. The second-order valence-electron chi connectivity index (χ2n) is 4.04. The first-order chi connectivity index (χ1) is 8.18. The minimum absolute atomic E-state index is 0.260. The van der Waals surface area contributed by atoms with Crippen molar-refractivity contribution in [3.05, 3.63) is 35.4 Å². The Kier molecular flexibility index (Phi) is 3.68. The van der Waals surface area contributed by atoms with Gasteiger partial charge in [-0.25, -0.2) is 8.78 Å². The number of amides is 1. The van der Waals surface area contributed by atoms with E-state index in [9.17, 15) is 13.6 Å². The van der Waals surface area contributed by atoms with E-state index in [1.165, 1.54) is 12.1 Å². The molecular formula is C12H13F2NO2. The monoisotopic (exact) mass is 241 g/mol. The summed E-state index contributed by atoms with van der Waals surface area (Å²) in [6.45, 7) is 1.72. The summed E-state index contributed by atoms with van der Waals surface area (Å²) in [6, 6.07) is 3.56. The number of ether oxygens (including phenoxy) is 1. The molecule has 0 saturated carbocycles. The molecule has 5 heteroatoms. The molecule has 1 atom stereocenters. The van der Waals surface area contributed by atoms with Crippen molar-refractivity contribution in [2.75, 3.05) is 19.8 Å². The molecule has 1 aliphatic heterocycles. The third-order valence-corrected chi connectivity index (χ3v) is 2.77. The molecule has 0 radical (unpaired) electrons. The molecule has 1 heterocycles. The Labute approximate surface area is 97.8 Å². The van der Waals surface area contributed by atoms with E-state index in [-0.39, 0.29) is 11.5 Å². The number of carbonyl (C=O) groups is 1. The van der Waals surface area contributed by atoms with Crippen LogP contribution in [-0.2, 0) is 4.74 Å². The molecule has 1 saturated heterocycles. The van der Waals surface area contributed by atoms with E-state index < -0.39 is 17.5 Å². The van der Waals surface area contributed by atoms with Crippen LogP contribution in [0.25, 0.3) is 0 Å². The molecule has 0 aromatic heterocycles. The predicted molar refractivity (Wildman–Crippen MR) is 57.6 cm³/mol. The maximum absolute atomic E-state index is 13.3. The summed E-state index contributed by atoms with van der Waals surface area (Å²) in [5.41, 5.74) is -0.260. The Balaban J connectivity index is 1.97. The molecule has 2 rings (SSSR count). The third-order valence-electron chi connectivity index (χ3n) is 2.77. The molecule has 17 heavy (non-hydrogen) atoms. The van der Waals surface area contributed by atoms with Crippen molar-refractivity contribution in [2.45, 2.75) is 6.42 Å². The molecule has 1 aliphatic rings. The van der Waals surface area contributed by atoms with E-state index in [1.54, 1.807) is 0 Å². The highest BCUT2D eigenvalue weighted by Crippen LogP contribution is 2.13. The molecule has 1 unspecified atom stereocenters. The Bertz CT molecular complexity index is 417. The Morgan fingerprint density at radius 1 is 1.47 bits per heavy atom. The number of rotatable bonds is 3. The zero-order valence-electron chi connectivity index (χ0n) is 9.21. The van der Waals surface area contributed by atoms with E-state index in [4.69, 9.17) is 4.74 Å². The number of halogens is 2. The predicted octanol–water partition coefficient (Wildman–Crippen LogP) is 1.73. The Hall–Kier alpha value is -1.49. The minimum Gasteiger partial charge on any atom is -0.381 e. The van der Waals surface area contributed by atoms with Crippen molar-refractivity contribution in [3.8, 4) is 0 Å². The van der Waals surface area contributed by atoms with Crippen LogP contribution in [0.15, 0.2) is 18.2 Å². The average molecular weight is 241 g/mol. The second kappa shape index (κ2) is 5.23. The first kappa shape index (κ1) is 12.0. The van der Waals surface area contributed by atoms with E-state index in [2.05, 4.69) is 5.32 Å². The lowest BCUT2D eigenvalue weighted by molar-refractivity contribution is 0.0940. The summed E-state index contributed by atoms with van der Waals surface area (Å²) in [6.07, 6.45) is 0.881. The first-order valence-electron chi connectivity index (χ1n) is 5.48. The van der Waals surface area contributed by atoms with Crippen LogP contribution in [0.4, 0.5) is 8.78 Å². The summed E-state index contributed by atoms with van der Waals surface area (Å²) in [5, 5.41) is 2.58. The van der Waals surface area contributed by atoms with Gasteiger partial charge in [0.2, 0.25) is 0 Å². The SMILES string of the molecule is O=C(NCC1CCOC1)c1cccc(F)c1F. The lowest BCUT2D eigenvalue weighted by Gasteiger charge is -2.10. The molecule has 0 spiro atoms. The van der Waals surface area contributed by atoms with Crippen LogP contribution in [0.1, 0.15) is 16.8 Å². The smallest absolute Gasteiger partial charge is 0.254 e. The van der Waals surface area contributed by atoms with Crippen LogP contribution < -0.4 is 5.32 Å². The van der Waals surface area contributed by atoms with Gasteiger partial charge >= 0.3 is 0 Å². The first-order valence-corrected chi connectivity index (χ1v) is 5.48. The fraction of sp³-hybridized carbons (Fsp3) is 0.417. The number of carbonyl (C=O) groups excluding carboxylic acids is 1. The zero-order valence-corrected chi connectivity index (χ0v) is 9.21. The molecule has 1 fully saturated rings. The summed E-state index contributed by atoms with van der Waals surface area (Å²) >= 11 is 0. The van der Waals surface area contributed by atoms with Crippen molar-refractivity contribution >= 4 is 5.91 Å². The zero-order chi connectivity index (χ0) is 12.3. The largest absolute Gasteiger partial charge is 0.381 e. The molecule has 92 valence electrons. The number of benzene rings is 1. The molecule has 1 aromatic carbocycles. The highest BCUT2D eigenvalue weighted by atomic mass is 19.2. The van der Waals surface area contributed by atoms with Crippen LogP contribution in [-0.4, -0.2) is 25.7 Å². The summed E-state index contributed by atoms with van der Waals surface area (Å²) in [7, 11) is 0. The molecule has 0 aliphatic carbocycles. The van der Waals surface area contributed by atoms with Gasteiger partial charge in [0, 0.05) is 19.1 Å². The summed E-state index contributed by atoms with van der Waals surface area (Å²) in [4.78, 5) is 11.6. The summed E-state index contributed by atoms with van der Waals surface area (Å²) in [5.74, 6) is -2.45. The van der Waals surface area contributed by atoms with Crippen LogP contribution in [0, 0.1) is 17.6 Å². The Morgan fingerprint density at radius 3 is 3.00 bits per heavy atom. The van der Waals surface area contributed by atoms with Gasteiger partial charge in [-0.2, -0.15) is 0 Å². The normalized spacial score (nSPS) is 19.3. The van der Waals surface area contributed by atoms with Crippen LogP contribution in [0.3, 0.4) is 0 Å². The molecular weight excluding hydrogens is 228 g/mol. The highest BCUT2D eigenvalue weighted by Gasteiger charge is 2.19. The molecule has 1 N–H and O–H groups in total. The van der Waals surface area contributed by atoms with Gasteiger partial charge in [0.1, 0.15) is 0 Å². The standard InChI is InChI=1S/C12H13F2NO2/c13-10-3-1-2-9(11(10)14)12(16)15-6-8-4-5-17-7-8/h1-3,8H,4-7H2,(H,15,16). The highest BCUT2D eigenvalue weighted by molar-refractivity contribution is 5.94. The Morgan fingerprint density at radius 2 is 2.29 bits per heavy atom. The van der Waals surface area contributed by atoms with E-state index >= 15 is 0 Å². The maximum atomic E-state index is 13.3. The van der Waals surface area contributed by atoms with E-state index in [0.717, 1.165) is 12.5 Å².